The van der Waals surface area contributed by atoms with Gasteiger partial charge in [0.1, 0.15) is 6.04 Å². The van der Waals surface area contributed by atoms with Crippen LogP contribution in [0.3, 0.4) is 0 Å². The number of halogens is 3. The van der Waals surface area contributed by atoms with E-state index >= 15 is 0 Å². The molecule has 1 amide bonds. The number of oxazole rings is 4. The van der Waals surface area contributed by atoms with Crippen molar-refractivity contribution in [3.05, 3.63) is 240 Å². The number of H-pyrrole nitrogens is 6. The van der Waals surface area contributed by atoms with Gasteiger partial charge < -0.3 is 95.4 Å². The number of fused-ring (bicyclic) bond motifs is 6. The number of aromatic nitrogens is 10. The van der Waals surface area contributed by atoms with Crippen LogP contribution in [-0.2, 0) is 27.2 Å². The monoisotopic (exact) mass is 2070 g/mol. The first-order chi connectivity index (χ1) is 71.1. The number of carbonyl (C=O) groups is 3. The number of nitrogens with one attached hydrogen (secondary N) is 11. The predicted octanol–water partition coefficient (Wildman–Crippen LogP) is 27.0. The first kappa shape index (κ1) is 124. The van der Waals surface area contributed by atoms with E-state index in [4.69, 9.17) is 54.1 Å². The SMILES string of the molecule is C.CC.CC[C@@H](C)C[C@@H](c1nc(C)c(-c2c[nH]c3ccccc23)o1)N(C)C.CC[C@@H](C)C[C@@H](c1nc(C)c(-c2c[nH]c3ccccc23)o1)[NH+](C)C.CC[C@@H](C)C[C@H](N)c1nc(C)c(-c2c[nH]c3ccccc23)o1.CC[C@@H](C)C[C@H](NC)C(=O)NC(C)Cc1c[nH]c2ccccc12.CC[C@@H](C)C[C@H](NC)C(=O)O.CC[C@@H](C)C[C@H](NC)c1nc(C)c(-c2c[nH]c3ccccc23)o1.C[C@@H](N)Cc1c[nH]c2ccccc12.O=C(O)C(F)(F)F. The highest BCUT2D eigenvalue weighted by molar-refractivity contribution is 5.98. The number of carbonyl (C=O) groups excluding carboxylic acids is 1. The van der Waals surface area contributed by atoms with Crippen molar-refractivity contribution in [1.82, 2.24) is 76.0 Å². The zero-order valence-electron chi connectivity index (χ0n) is 93.1. The Balaban J connectivity index is 0.000000236. The molecule has 16 rings (SSSR count). The fraction of sp³-hybridized carbons (Fsp3) is 0.475. The van der Waals surface area contributed by atoms with Gasteiger partial charge in [0.05, 0.1) is 61.0 Å². The molecule has 10 aromatic heterocycles. The van der Waals surface area contributed by atoms with Gasteiger partial charge in [-0.2, -0.15) is 13.2 Å². The quantitative estimate of drug-likeness (QED) is 0.0171. The van der Waals surface area contributed by atoms with E-state index in [2.05, 4.69) is 275 Å². The number of amides is 1. The normalized spacial score (nSPS) is 14.1. The lowest BCUT2D eigenvalue weighted by atomic mass is 9.98. The van der Waals surface area contributed by atoms with Gasteiger partial charge in [-0.05, 0) is 205 Å². The molecule has 0 fully saturated rings. The largest absolute Gasteiger partial charge is 0.490 e. The van der Waals surface area contributed by atoms with E-state index in [1.165, 1.54) is 61.3 Å². The van der Waals surface area contributed by atoms with Crippen LogP contribution in [0.4, 0.5) is 13.2 Å². The molecule has 818 valence electrons. The van der Waals surface area contributed by atoms with Crippen LogP contribution < -0.4 is 37.6 Å². The second-order valence-electron chi connectivity index (χ2n) is 40.2. The van der Waals surface area contributed by atoms with E-state index in [1.807, 2.05) is 154 Å². The lowest BCUT2D eigenvalue weighted by molar-refractivity contribution is -0.894. The molecule has 0 aliphatic carbocycles. The van der Waals surface area contributed by atoms with Gasteiger partial charge >= 0.3 is 18.1 Å². The summed E-state index contributed by atoms with van der Waals surface area (Å²) in [5.74, 6) is 6.64. The third-order valence-electron chi connectivity index (χ3n) is 27.8. The Hall–Kier alpha value is -12.7. The molecule has 14 atom stereocenters. The lowest BCUT2D eigenvalue weighted by Gasteiger charge is -2.23. The zero-order valence-corrected chi connectivity index (χ0v) is 93.1. The van der Waals surface area contributed by atoms with Crippen LogP contribution in [0.15, 0.2) is 200 Å². The Morgan fingerprint density at radius 1 is 0.407 bits per heavy atom. The zero-order chi connectivity index (χ0) is 110. The number of aliphatic carboxylic acids is 2. The fourth-order valence-electron chi connectivity index (χ4n) is 17.7. The highest BCUT2D eigenvalue weighted by Gasteiger charge is 2.39. The average molecular weight is 2070 g/mol. The number of aromatic amines is 6. The van der Waals surface area contributed by atoms with Crippen LogP contribution in [-0.4, -0.2) is 162 Å². The number of likely N-dealkylation sites (N-methyl/N-ethyl adjacent to an activating group) is 2. The molecule has 0 aliphatic heterocycles. The van der Waals surface area contributed by atoms with Crippen molar-refractivity contribution in [2.24, 2.45) is 47.0 Å². The van der Waals surface area contributed by atoms with Gasteiger partial charge in [-0.25, -0.2) is 24.7 Å². The summed E-state index contributed by atoms with van der Waals surface area (Å²) in [4.78, 5) is 74.0. The number of alkyl halides is 3. The number of nitrogens with zero attached hydrogens (tertiary/aromatic N) is 5. The molecular formula is C120H174F3N18O9+. The van der Waals surface area contributed by atoms with Crippen LogP contribution >= 0.6 is 0 Å². The standard InChI is InChI=1S/2C20H27N3O.C19H25N3O.C19H29N3O.C18H23N3O.C11H14N2.C8H17NO2.C2HF3O2.C2H6.CH4/c2*1-6-13(2)11-18(23(4)5)20-22-14(3)19(24-20)16-12-21-17-10-8-7-9-15(16)17;1-5-12(2)10-17(20-4)19-22-13(3)18(23-19)15-11-21-16-9-7-6-8-14(15)16;1-5-13(2)10-18(20-4)19(23)22-14(3)11-15-12-21-17-9-7-6-8-16(15)17;1-4-11(2)9-15(19)18-21-12(3)17(22-18)14-10-20-16-8-6-5-7-13(14)16;1-8(12)6-9-7-13-11-5-3-2-4-10(9)11;1-4-6(2)5-7(9-3)8(10)11;3-2(4,5)1(6)7;1-2;/h2*7-10,12-13,18,21H,6,11H2,1-5H3;6-9,11-12,17,20-21H,5,10H2,1-4H3;6-9,12-14,18,20-21H,5,10-11H2,1-4H3,(H,22,23);5-8,10-11,15,20H,4,9,19H2,1-3H3;2-5,7-8,13H,6,12H2,1H3;6-7,9H,4-5H2,1-3H3,(H,10,11);(H,6,7);1-2H3;1H4/p+1/t2*13-,18+;12-,17+;13-,14?,18+;11-,15+;8-;6-,7+;;;/m1111111.../s1. The van der Waals surface area contributed by atoms with Crippen LogP contribution in [0.2, 0.25) is 0 Å². The number of hydrogen-bond donors (Lipinski definition) is 15. The molecule has 10 heterocycles. The van der Waals surface area contributed by atoms with Crippen LogP contribution in [0.25, 0.3) is 111 Å². The highest BCUT2D eigenvalue weighted by atomic mass is 19.4. The van der Waals surface area contributed by atoms with E-state index in [1.54, 1.807) is 7.05 Å². The van der Waals surface area contributed by atoms with Crippen molar-refractivity contribution in [2.45, 2.75) is 290 Å². The third kappa shape index (κ3) is 35.2. The lowest BCUT2D eigenvalue weighted by Crippen LogP contribution is -3.06. The molecule has 30 heteroatoms. The number of rotatable bonds is 38. The molecule has 0 bridgehead atoms. The van der Waals surface area contributed by atoms with E-state index in [9.17, 15) is 22.8 Å². The number of quaternary nitrogens is 1. The van der Waals surface area contributed by atoms with Crippen LogP contribution in [0, 0.1) is 63.2 Å². The minimum Gasteiger partial charge on any atom is -0.480 e. The molecule has 6 aromatic carbocycles. The van der Waals surface area contributed by atoms with Crippen molar-refractivity contribution >= 4 is 83.3 Å². The topological polar surface area (TPSA) is 398 Å². The van der Waals surface area contributed by atoms with Gasteiger partial charge in [-0.3, -0.25) is 14.5 Å². The summed E-state index contributed by atoms with van der Waals surface area (Å²) >= 11 is 0. The van der Waals surface area contributed by atoms with Gasteiger partial charge in [0.2, 0.25) is 23.6 Å². The van der Waals surface area contributed by atoms with Crippen molar-refractivity contribution in [3.63, 3.8) is 0 Å². The molecule has 150 heavy (non-hydrogen) atoms. The Morgan fingerprint density at radius 3 is 1.05 bits per heavy atom. The Labute approximate surface area is 886 Å². The Bertz CT molecular complexity index is 6540. The molecule has 27 nitrogen and oxygen atoms in total. The maximum absolute atomic E-state index is 12.4. The van der Waals surface area contributed by atoms with E-state index in [0.29, 0.717) is 47.8 Å². The number of para-hydroxylation sites is 6. The van der Waals surface area contributed by atoms with Gasteiger partial charge in [-0.15, -0.1) is 0 Å². The van der Waals surface area contributed by atoms with E-state index in [-0.39, 0.29) is 61.7 Å². The molecule has 0 saturated carbocycles. The van der Waals surface area contributed by atoms with Crippen LogP contribution in [0.1, 0.15) is 277 Å². The summed E-state index contributed by atoms with van der Waals surface area (Å²) in [5.41, 5.74) is 29.4. The van der Waals surface area contributed by atoms with Gasteiger partial charge in [0.15, 0.2) is 29.1 Å². The first-order valence-electron chi connectivity index (χ1n) is 53.2. The number of carboxylic acid groups (broad SMARTS) is 2. The van der Waals surface area contributed by atoms with Gasteiger partial charge in [0, 0.05) is 143 Å². The number of aryl methyl sites for hydroxylation is 4. The second-order valence-corrected chi connectivity index (χ2v) is 40.2. The minimum absolute atomic E-state index is 0. The van der Waals surface area contributed by atoms with Gasteiger partial charge in [-0.1, -0.05) is 252 Å². The highest BCUT2D eigenvalue weighted by Crippen LogP contribution is 2.40. The smallest absolute Gasteiger partial charge is 0.480 e. The number of nitrogens with two attached hydrogens (primary N) is 2. The van der Waals surface area contributed by atoms with Crippen molar-refractivity contribution < 1.29 is 60.3 Å². The van der Waals surface area contributed by atoms with Crippen molar-refractivity contribution in [1.29, 1.82) is 0 Å². The Kier molecular flexibility index (Phi) is 50.5. The molecule has 0 radical (unpaired) electrons. The van der Waals surface area contributed by atoms with Crippen molar-refractivity contribution in [3.8, 4) is 45.3 Å². The molecule has 0 aliphatic rings. The summed E-state index contributed by atoms with van der Waals surface area (Å²) in [5, 5.41) is 35.4. The summed E-state index contributed by atoms with van der Waals surface area (Å²) in [6.07, 6.45) is 21.2. The minimum atomic E-state index is -5.08. The molecule has 17 N–H and O–H groups in total. The second kappa shape index (κ2) is 61.0. The molecular weight excluding hydrogens is 1890 g/mol. The van der Waals surface area contributed by atoms with E-state index < -0.39 is 18.1 Å². The summed E-state index contributed by atoms with van der Waals surface area (Å²) in [6, 6.07) is 49.9. The fourth-order valence-corrected chi connectivity index (χ4v) is 17.7. The summed E-state index contributed by atoms with van der Waals surface area (Å²) in [7, 11) is 14.1. The maximum Gasteiger partial charge on any atom is 0.490 e. The van der Waals surface area contributed by atoms with Gasteiger partial charge in [0.25, 0.3) is 5.89 Å². The Morgan fingerprint density at radius 2 is 0.700 bits per heavy atom. The maximum atomic E-state index is 12.4. The predicted molar refractivity (Wildman–Crippen MR) is 610 cm³/mol. The number of carboxylic acids is 2. The van der Waals surface area contributed by atoms with Crippen molar-refractivity contribution in [2.75, 3.05) is 49.3 Å². The first-order valence-corrected chi connectivity index (χ1v) is 53.2. The average Bonchev–Trinajstić information content (AvgIpc) is 1.65. The molecule has 1 unspecified atom stereocenters. The molecule has 0 spiro atoms. The number of hydrogen-bond acceptors (Lipinski definition) is 17. The summed E-state index contributed by atoms with van der Waals surface area (Å²) in [6.45, 7) is 42.5. The third-order valence-corrected chi connectivity index (χ3v) is 27.8. The van der Waals surface area contributed by atoms with Crippen LogP contribution in [0.5, 0.6) is 0 Å². The molecule has 0 saturated heterocycles. The molecule has 16 aromatic rings. The van der Waals surface area contributed by atoms with E-state index in [0.717, 1.165) is 189 Å². The summed E-state index contributed by atoms with van der Waals surface area (Å²) < 4.78 is 56.5. The number of benzene rings is 6.